The second kappa shape index (κ2) is 6.01. The molecular formula is C13H15N3O3. The Hall–Kier alpha value is -2.34. The summed E-state index contributed by atoms with van der Waals surface area (Å²) in [6.45, 7) is 0.381. The highest BCUT2D eigenvalue weighted by Crippen LogP contribution is 2.19. The third-order valence-electron chi connectivity index (χ3n) is 2.47. The van der Waals surface area contributed by atoms with Crippen LogP contribution in [0.2, 0.25) is 0 Å². The zero-order chi connectivity index (χ0) is 13.7. The molecule has 0 unspecified atom stereocenters. The summed E-state index contributed by atoms with van der Waals surface area (Å²) in [4.78, 5) is 18.1. The molecule has 0 atom stereocenters. The van der Waals surface area contributed by atoms with E-state index in [2.05, 4.69) is 9.97 Å². The van der Waals surface area contributed by atoms with Crippen molar-refractivity contribution in [1.29, 1.82) is 0 Å². The van der Waals surface area contributed by atoms with E-state index in [0.29, 0.717) is 23.0 Å². The van der Waals surface area contributed by atoms with E-state index in [9.17, 15) is 4.79 Å². The number of ether oxygens (including phenoxy) is 2. The van der Waals surface area contributed by atoms with Gasteiger partial charge in [0.25, 0.3) is 5.56 Å². The largest absolute Gasteiger partial charge is 0.497 e. The first-order chi connectivity index (χ1) is 9.21. The molecule has 2 aromatic rings. The Morgan fingerprint density at radius 2 is 2.11 bits per heavy atom. The number of H-pyrrole nitrogens is 1. The molecule has 1 aromatic heterocycles. The van der Waals surface area contributed by atoms with Gasteiger partial charge in [0, 0.05) is 18.7 Å². The van der Waals surface area contributed by atoms with E-state index in [4.69, 9.17) is 15.2 Å². The van der Waals surface area contributed by atoms with Crippen LogP contribution in [0.3, 0.4) is 0 Å². The number of rotatable bonds is 5. The average molecular weight is 261 g/mol. The van der Waals surface area contributed by atoms with E-state index < -0.39 is 0 Å². The third-order valence-corrected chi connectivity index (χ3v) is 2.47. The standard InChI is InChI=1S/C13H15N3O3/c1-18-10-3-2-4-11(6-10)19-8-12-15-9(7-14)5-13(17)16-12/h2-6H,7-8,14H2,1H3,(H,15,16,17). The lowest BCUT2D eigenvalue weighted by atomic mass is 10.3. The van der Waals surface area contributed by atoms with Crippen LogP contribution in [0.25, 0.3) is 0 Å². The summed E-state index contributed by atoms with van der Waals surface area (Å²) in [5, 5.41) is 0. The van der Waals surface area contributed by atoms with Crippen LogP contribution >= 0.6 is 0 Å². The normalized spacial score (nSPS) is 10.2. The van der Waals surface area contributed by atoms with Crippen molar-refractivity contribution in [3.63, 3.8) is 0 Å². The Bertz CT molecular complexity index is 610. The molecule has 0 aliphatic carbocycles. The highest BCUT2D eigenvalue weighted by Gasteiger charge is 2.02. The smallest absolute Gasteiger partial charge is 0.251 e. The number of nitrogens with zero attached hydrogens (tertiary/aromatic N) is 1. The van der Waals surface area contributed by atoms with Gasteiger partial charge in [0.05, 0.1) is 12.8 Å². The van der Waals surface area contributed by atoms with Gasteiger partial charge in [-0.15, -0.1) is 0 Å². The monoisotopic (exact) mass is 261 g/mol. The van der Waals surface area contributed by atoms with E-state index in [1.165, 1.54) is 6.07 Å². The zero-order valence-electron chi connectivity index (χ0n) is 10.6. The number of nitrogens with two attached hydrogens (primary N) is 1. The molecule has 2 rings (SSSR count). The number of aromatic amines is 1. The van der Waals surface area contributed by atoms with E-state index in [0.717, 1.165) is 0 Å². The topological polar surface area (TPSA) is 90.2 Å². The second-order valence-electron chi connectivity index (χ2n) is 3.86. The maximum absolute atomic E-state index is 11.4. The van der Waals surface area contributed by atoms with Crippen molar-refractivity contribution in [2.24, 2.45) is 5.73 Å². The summed E-state index contributed by atoms with van der Waals surface area (Å²) < 4.78 is 10.6. The Balaban J connectivity index is 2.09. The van der Waals surface area contributed by atoms with Crippen molar-refractivity contribution in [2.45, 2.75) is 13.2 Å². The molecule has 0 bridgehead atoms. The first-order valence-corrected chi connectivity index (χ1v) is 5.77. The van der Waals surface area contributed by atoms with Crippen LogP contribution in [0, 0.1) is 0 Å². The molecule has 0 saturated heterocycles. The summed E-state index contributed by atoms with van der Waals surface area (Å²) in [5.41, 5.74) is 5.76. The van der Waals surface area contributed by atoms with Gasteiger partial charge in [0.2, 0.25) is 0 Å². The van der Waals surface area contributed by atoms with Crippen molar-refractivity contribution in [2.75, 3.05) is 7.11 Å². The second-order valence-corrected chi connectivity index (χ2v) is 3.86. The van der Waals surface area contributed by atoms with Gasteiger partial charge >= 0.3 is 0 Å². The summed E-state index contributed by atoms with van der Waals surface area (Å²) >= 11 is 0. The molecule has 0 aliphatic heterocycles. The molecule has 0 spiro atoms. The molecule has 0 aliphatic rings. The van der Waals surface area contributed by atoms with Crippen molar-refractivity contribution < 1.29 is 9.47 Å². The highest BCUT2D eigenvalue weighted by molar-refractivity contribution is 5.32. The van der Waals surface area contributed by atoms with E-state index in [1.54, 1.807) is 19.2 Å². The molecule has 3 N–H and O–H groups in total. The maximum Gasteiger partial charge on any atom is 0.251 e. The molecule has 6 nitrogen and oxygen atoms in total. The van der Waals surface area contributed by atoms with Gasteiger partial charge in [0.1, 0.15) is 23.9 Å². The fourth-order valence-corrected chi connectivity index (χ4v) is 1.58. The van der Waals surface area contributed by atoms with Gasteiger partial charge < -0.3 is 20.2 Å². The lowest BCUT2D eigenvalue weighted by Gasteiger charge is -2.07. The Labute approximate surface area is 110 Å². The van der Waals surface area contributed by atoms with Gasteiger partial charge in [-0.1, -0.05) is 6.07 Å². The van der Waals surface area contributed by atoms with Gasteiger partial charge in [0.15, 0.2) is 0 Å². The Morgan fingerprint density at radius 3 is 2.84 bits per heavy atom. The highest BCUT2D eigenvalue weighted by atomic mass is 16.5. The predicted octanol–water partition coefficient (Wildman–Crippen LogP) is 0.816. The molecule has 0 fully saturated rings. The van der Waals surface area contributed by atoms with Crippen molar-refractivity contribution >= 4 is 0 Å². The maximum atomic E-state index is 11.4. The fourth-order valence-electron chi connectivity index (χ4n) is 1.58. The molecule has 0 radical (unpaired) electrons. The minimum absolute atomic E-state index is 0.163. The molecule has 0 amide bonds. The molecule has 19 heavy (non-hydrogen) atoms. The van der Waals surface area contributed by atoms with Gasteiger partial charge in [-0.25, -0.2) is 4.98 Å². The molecule has 0 saturated carbocycles. The van der Waals surface area contributed by atoms with Crippen LogP contribution in [0.1, 0.15) is 11.5 Å². The van der Waals surface area contributed by atoms with E-state index >= 15 is 0 Å². The van der Waals surface area contributed by atoms with Crippen molar-refractivity contribution in [3.05, 3.63) is 52.2 Å². The lowest BCUT2D eigenvalue weighted by molar-refractivity contribution is 0.292. The predicted molar refractivity (Wildman–Crippen MR) is 70.1 cm³/mol. The number of methoxy groups -OCH3 is 1. The molecule has 100 valence electrons. The first-order valence-electron chi connectivity index (χ1n) is 5.77. The number of hydrogen-bond donors (Lipinski definition) is 2. The summed E-state index contributed by atoms with van der Waals surface area (Å²) in [7, 11) is 1.59. The summed E-state index contributed by atoms with van der Waals surface area (Å²) in [6, 6.07) is 8.57. The number of hydrogen-bond acceptors (Lipinski definition) is 5. The molecule has 1 aromatic carbocycles. The summed E-state index contributed by atoms with van der Waals surface area (Å²) in [6.07, 6.45) is 0. The summed E-state index contributed by atoms with van der Waals surface area (Å²) in [5.74, 6) is 1.78. The Morgan fingerprint density at radius 1 is 1.32 bits per heavy atom. The minimum atomic E-state index is -0.236. The number of benzene rings is 1. The van der Waals surface area contributed by atoms with Crippen LogP contribution in [-0.4, -0.2) is 17.1 Å². The molecule has 6 heteroatoms. The van der Waals surface area contributed by atoms with Gasteiger partial charge in [-0.05, 0) is 12.1 Å². The van der Waals surface area contributed by atoms with Crippen LogP contribution in [0.4, 0.5) is 0 Å². The SMILES string of the molecule is COc1cccc(OCc2nc(CN)cc(=O)[nH]2)c1. The van der Waals surface area contributed by atoms with Gasteiger partial charge in [-0.2, -0.15) is 0 Å². The van der Waals surface area contributed by atoms with Crippen molar-refractivity contribution in [1.82, 2.24) is 9.97 Å². The van der Waals surface area contributed by atoms with Crippen molar-refractivity contribution in [3.8, 4) is 11.5 Å². The molecule has 1 heterocycles. The van der Waals surface area contributed by atoms with Crippen LogP contribution in [-0.2, 0) is 13.2 Å². The fraction of sp³-hybridized carbons (Fsp3) is 0.231. The van der Waals surface area contributed by atoms with E-state index in [1.807, 2.05) is 12.1 Å². The third kappa shape index (κ3) is 3.56. The van der Waals surface area contributed by atoms with Crippen LogP contribution in [0.15, 0.2) is 35.1 Å². The quantitative estimate of drug-likeness (QED) is 0.831. The first kappa shape index (κ1) is 13.1. The lowest BCUT2D eigenvalue weighted by Crippen LogP contribution is -2.16. The number of nitrogens with one attached hydrogen (secondary N) is 1. The van der Waals surface area contributed by atoms with E-state index in [-0.39, 0.29) is 18.7 Å². The minimum Gasteiger partial charge on any atom is -0.497 e. The van der Waals surface area contributed by atoms with Crippen LogP contribution < -0.4 is 20.8 Å². The number of aromatic nitrogens is 2. The van der Waals surface area contributed by atoms with Crippen LogP contribution in [0.5, 0.6) is 11.5 Å². The van der Waals surface area contributed by atoms with Gasteiger partial charge in [-0.3, -0.25) is 4.79 Å². The Kier molecular flexibility index (Phi) is 4.15. The average Bonchev–Trinajstić information content (AvgIpc) is 2.44. The molecular weight excluding hydrogens is 246 g/mol. The zero-order valence-corrected chi connectivity index (χ0v) is 10.6.